The van der Waals surface area contributed by atoms with Gasteiger partial charge >= 0.3 is 0 Å². The van der Waals surface area contributed by atoms with E-state index in [0.717, 1.165) is 12.2 Å². The van der Waals surface area contributed by atoms with E-state index in [-0.39, 0.29) is 6.10 Å². The smallest absolute Gasteiger partial charge is 0.222 e. The Hall–Kier alpha value is -1.81. The Labute approximate surface area is 124 Å². The normalized spacial score (nSPS) is 11.9. The fourth-order valence-electron chi connectivity index (χ4n) is 1.76. The van der Waals surface area contributed by atoms with Gasteiger partial charge in [0.1, 0.15) is 11.9 Å². The van der Waals surface area contributed by atoms with Crippen molar-refractivity contribution in [1.29, 1.82) is 0 Å². The highest BCUT2D eigenvalue weighted by molar-refractivity contribution is 6.30. The summed E-state index contributed by atoms with van der Waals surface area (Å²) in [5.74, 6) is 1.44. The average Bonchev–Trinajstić information content (AvgIpc) is 2.45. The van der Waals surface area contributed by atoms with Crippen LogP contribution in [0.25, 0.3) is 0 Å². The molecule has 0 aliphatic carbocycles. The van der Waals surface area contributed by atoms with Gasteiger partial charge in [0.15, 0.2) is 0 Å². The van der Waals surface area contributed by atoms with Crippen molar-refractivity contribution in [3.05, 3.63) is 47.2 Å². The summed E-state index contributed by atoms with van der Waals surface area (Å²) in [4.78, 5) is 8.19. The topological polar surface area (TPSA) is 47.0 Å². The van der Waals surface area contributed by atoms with Crippen LogP contribution in [0.3, 0.4) is 0 Å². The molecular formula is C15H18ClN3O. The number of halogens is 1. The Morgan fingerprint density at radius 2 is 2.05 bits per heavy atom. The molecule has 0 amide bonds. The predicted octanol–water partition coefficient (Wildman–Crippen LogP) is 3.71. The maximum atomic E-state index is 5.95. The highest BCUT2D eigenvalue weighted by Gasteiger charge is 2.09. The van der Waals surface area contributed by atoms with E-state index in [1.54, 1.807) is 12.4 Å². The molecule has 0 bridgehead atoms. The highest BCUT2D eigenvalue weighted by atomic mass is 35.5. The van der Waals surface area contributed by atoms with E-state index in [4.69, 9.17) is 16.3 Å². The van der Waals surface area contributed by atoms with E-state index in [1.165, 1.54) is 5.56 Å². The van der Waals surface area contributed by atoms with Gasteiger partial charge in [-0.2, -0.15) is 0 Å². The third kappa shape index (κ3) is 4.38. The summed E-state index contributed by atoms with van der Waals surface area (Å²) < 4.78 is 5.95. The van der Waals surface area contributed by atoms with Crippen molar-refractivity contribution in [3.63, 3.8) is 0 Å². The van der Waals surface area contributed by atoms with E-state index in [0.29, 0.717) is 17.5 Å². The molecule has 1 aromatic heterocycles. The fraction of sp³-hybridized carbons (Fsp3) is 0.333. The van der Waals surface area contributed by atoms with Crippen LogP contribution in [0.15, 0.2) is 36.7 Å². The minimum atomic E-state index is 0.0658. The van der Waals surface area contributed by atoms with Gasteiger partial charge in [-0.15, -0.1) is 0 Å². The number of aryl methyl sites for hydroxylation is 1. The van der Waals surface area contributed by atoms with Gasteiger partial charge in [-0.05, 0) is 31.0 Å². The molecule has 1 heterocycles. The minimum absolute atomic E-state index is 0.0658. The van der Waals surface area contributed by atoms with Gasteiger partial charge in [-0.25, -0.2) is 9.97 Å². The quantitative estimate of drug-likeness (QED) is 0.881. The van der Waals surface area contributed by atoms with Gasteiger partial charge < -0.3 is 10.1 Å². The molecule has 1 atom stereocenters. The van der Waals surface area contributed by atoms with Crippen molar-refractivity contribution < 1.29 is 4.74 Å². The lowest BCUT2D eigenvalue weighted by molar-refractivity contribution is 0.209. The molecule has 0 saturated heterocycles. The summed E-state index contributed by atoms with van der Waals surface area (Å²) in [5, 5.41) is 3.68. The molecule has 1 aromatic carbocycles. The summed E-state index contributed by atoms with van der Waals surface area (Å²) in [5.41, 5.74) is 1.19. The van der Waals surface area contributed by atoms with Gasteiger partial charge in [0.2, 0.25) is 5.95 Å². The van der Waals surface area contributed by atoms with Crippen LogP contribution in [0.5, 0.6) is 5.75 Å². The monoisotopic (exact) mass is 291 g/mol. The summed E-state index contributed by atoms with van der Waals surface area (Å²) >= 11 is 5.75. The average molecular weight is 292 g/mol. The molecule has 1 N–H and O–H groups in total. The number of rotatable bonds is 6. The van der Waals surface area contributed by atoms with Gasteiger partial charge in [-0.1, -0.05) is 30.7 Å². The molecule has 2 aromatic rings. The molecule has 5 heteroatoms. The molecule has 4 nitrogen and oxygen atoms in total. The lowest BCUT2D eigenvalue weighted by Gasteiger charge is -2.18. The Morgan fingerprint density at radius 3 is 2.70 bits per heavy atom. The molecule has 0 radical (unpaired) electrons. The van der Waals surface area contributed by atoms with Crippen LogP contribution < -0.4 is 10.1 Å². The second-order valence-corrected chi connectivity index (χ2v) is 5.01. The Bertz CT molecular complexity index is 545. The van der Waals surface area contributed by atoms with Crippen LogP contribution in [0.1, 0.15) is 18.9 Å². The number of hydrogen-bond donors (Lipinski definition) is 1. The third-order valence-corrected chi connectivity index (χ3v) is 3.05. The molecular weight excluding hydrogens is 274 g/mol. The van der Waals surface area contributed by atoms with Crippen molar-refractivity contribution in [2.24, 2.45) is 0 Å². The first-order valence-corrected chi connectivity index (χ1v) is 7.00. The van der Waals surface area contributed by atoms with Gasteiger partial charge in [0, 0.05) is 0 Å². The first-order chi connectivity index (χ1) is 9.67. The van der Waals surface area contributed by atoms with Crippen LogP contribution >= 0.6 is 11.6 Å². The van der Waals surface area contributed by atoms with Crippen LogP contribution in [-0.2, 0) is 0 Å². The van der Waals surface area contributed by atoms with Gasteiger partial charge in [0.25, 0.3) is 0 Å². The summed E-state index contributed by atoms with van der Waals surface area (Å²) in [6, 6.07) is 8.04. The van der Waals surface area contributed by atoms with Crippen molar-refractivity contribution >= 4 is 17.5 Å². The molecule has 106 valence electrons. The molecule has 0 fully saturated rings. The molecule has 0 saturated carbocycles. The largest absolute Gasteiger partial charge is 0.489 e. The van der Waals surface area contributed by atoms with E-state index >= 15 is 0 Å². The van der Waals surface area contributed by atoms with Crippen LogP contribution in [0, 0.1) is 6.92 Å². The van der Waals surface area contributed by atoms with Crippen LogP contribution in [-0.4, -0.2) is 22.6 Å². The van der Waals surface area contributed by atoms with Crippen LogP contribution in [0.4, 0.5) is 5.95 Å². The lowest BCUT2D eigenvalue weighted by atomic mass is 10.2. The Balaban J connectivity index is 1.90. The zero-order valence-electron chi connectivity index (χ0n) is 11.6. The number of nitrogens with zero attached hydrogens (tertiary/aromatic N) is 2. The molecule has 0 spiro atoms. The fourth-order valence-corrected chi connectivity index (χ4v) is 1.86. The number of benzene rings is 1. The zero-order chi connectivity index (χ0) is 14.4. The Kier molecular flexibility index (Phi) is 5.18. The standard InChI is InChI=1S/C15H18ClN3O/c1-3-13(20-14-6-4-5-11(2)7-14)10-19-15-17-8-12(16)9-18-15/h4-9,13H,3,10H2,1-2H3,(H,17,18,19). The highest BCUT2D eigenvalue weighted by Crippen LogP contribution is 2.15. The summed E-state index contributed by atoms with van der Waals surface area (Å²) in [6.45, 7) is 4.78. The van der Waals surface area contributed by atoms with Crippen molar-refractivity contribution in [3.8, 4) is 5.75 Å². The maximum absolute atomic E-state index is 5.95. The number of aromatic nitrogens is 2. The Morgan fingerprint density at radius 1 is 1.30 bits per heavy atom. The second-order valence-electron chi connectivity index (χ2n) is 4.57. The second kappa shape index (κ2) is 7.10. The van der Waals surface area contributed by atoms with Crippen LogP contribution in [0.2, 0.25) is 5.02 Å². The first kappa shape index (κ1) is 14.6. The minimum Gasteiger partial charge on any atom is -0.489 e. The van der Waals surface area contributed by atoms with E-state index < -0.39 is 0 Å². The number of anilines is 1. The van der Waals surface area contributed by atoms with Crippen molar-refractivity contribution in [2.45, 2.75) is 26.4 Å². The molecule has 20 heavy (non-hydrogen) atoms. The lowest BCUT2D eigenvalue weighted by Crippen LogP contribution is -2.26. The number of ether oxygens (including phenoxy) is 1. The van der Waals surface area contributed by atoms with Gasteiger partial charge in [-0.3, -0.25) is 0 Å². The third-order valence-electron chi connectivity index (χ3n) is 2.86. The SMILES string of the molecule is CCC(CNc1ncc(Cl)cn1)Oc1cccc(C)c1. The molecule has 0 aliphatic heterocycles. The van der Waals surface area contributed by atoms with Crippen molar-refractivity contribution in [2.75, 3.05) is 11.9 Å². The molecule has 1 unspecified atom stereocenters. The number of hydrogen-bond acceptors (Lipinski definition) is 4. The summed E-state index contributed by atoms with van der Waals surface area (Å²) in [7, 11) is 0. The maximum Gasteiger partial charge on any atom is 0.222 e. The molecule has 0 aliphatic rings. The predicted molar refractivity (Wildman–Crippen MR) is 81.4 cm³/mol. The van der Waals surface area contributed by atoms with E-state index in [1.807, 2.05) is 31.2 Å². The van der Waals surface area contributed by atoms with Gasteiger partial charge in [0.05, 0.1) is 24.0 Å². The number of nitrogens with one attached hydrogen (secondary N) is 1. The zero-order valence-corrected chi connectivity index (χ0v) is 12.4. The van der Waals surface area contributed by atoms with E-state index in [9.17, 15) is 0 Å². The first-order valence-electron chi connectivity index (χ1n) is 6.62. The molecule has 2 rings (SSSR count). The summed E-state index contributed by atoms with van der Waals surface area (Å²) in [6.07, 6.45) is 4.10. The van der Waals surface area contributed by atoms with Crippen molar-refractivity contribution in [1.82, 2.24) is 9.97 Å². The van der Waals surface area contributed by atoms with E-state index in [2.05, 4.69) is 22.2 Å².